The van der Waals surface area contributed by atoms with Gasteiger partial charge < -0.3 is 15.2 Å². The Balaban J connectivity index is 1.76. The van der Waals surface area contributed by atoms with Crippen LogP contribution in [0.5, 0.6) is 5.75 Å². The minimum absolute atomic E-state index is 0.141. The quantitative estimate of drug-likeness (QED) is 0.309. The van der Waals surface area contributed by atoms with Crippen LogP contribution in [0.2, 0.25) is 0 Å². The van der Waals surface area contributed by atoms with Gasteiger partial charge in [-0.25, -0.2) is 13.8 Å². The SMILES string of the molecule is COc1ccc(F)cc1[C@H](Cn1c(=O)n(C(C)(C)C(N)=O)c(=O)c2c(C)c(-n3nccn3)sc21)OC1CCC(=O)CC1. The Morgan fingerprint density at radius 3 is 2.48 bits per heavy atom. The number of Topliss-reactive ketones (excluding diaryl/α,β-unsaturated/α-hetero) is 1. The van der Waals surface area contributed by atoms with E-state index in [2.05, 4.69) is 10.2 Å². The summed E-state index contributed by atoms with van der Waals surface area (Å²) in [6, 6.07) is 4.00. The number of halogens is 1. The zero-order chi connectivity index (χ0) is 30.3. The number of hydrogen-bond donors (Lipinski definition) is 1. The van der Waals surface area contributed by atoms with Gasteiger partial charge in [-0.3, -0.25) is 19.0 Å². The van der Waals surface area contributed by atoms with Gasteiger partial charge in [-0.05, 0) is 51.8 Å². The van der Waals surface area contributed by atoms with E-state index in [1.165, 1.54) is 60.9 Å². The Morgan fingerprint density at radius 1 is 1.19 bits per heavy atom. The zero-order valence-electron chi connectivity index (χ0n) is 23.6. The molecule has 2 N–H and O–H groups in total. The number of ether oxygens (including phenoxy) is 2. The largest absolute Gasteiger partial charge is 0.496 e. The standard InChI is InChI=1S/C28H31FN6O6S/c1-15-22-23(37)34(28(2,3)26(30)38)27(39)33(25(22)42-24(15)35-31-11-12-32-35)14-21(41-18-8-6-17(36)7-9-18)19-13-16(29)5-10-20(19)40-4/h5,10-13,18,21H,6-9,14H2,1-4H3,(H2,30,38)/t21-/m0/s1. The third kappa shape index (κ3) is 5.15. The fourth-order valence-electron chi connectivity index (χ4n) is 5.23. The Labute approximate surface area is 243 Å². The van der Waals surface area contributed by atoms with E-state index < -0.39 is 34.6 Å². The summed E-state index contributed by atoms with van der Waals surface area (Å²) in [5, 5.41) is 9.06. The molecule has 1 saturated carbocycles. The lowest BCUT2D eigenvalue weighted by Gasteiger charge is -2.30. The monoisotopic (exact) mass is 598 g/mol. The van der Waals surface area contributed by atoms with Gasteiger partial charge in [0.15, 0.2) is 0 Å². The van der Waals surface area contributed by atoms with Gasteiger partial charge in [-0.2, -0.15) is 10.2 Å². The van der Waals surface area contributed by atoms with Crippen molar-refractivity contribution in [3.8, 4) is 10.8 Å². The third-order valence-electron chi connectivity index (χ3n) is 7.68. The Bertz CT molecular complexity index is 1780. The maximum atomic E-state index is 14.6. The number of primary amides is 1. The number of benzene rings is 1. The van der Waals surface area contributed by atoms with Gasteiger partial charge in [0.25, 0.3) is 5.56 Å². The summed E-state index contributed by atoms with van der Waals surface area (Å²) >= 11 is 1.13. The average molecular weight is 599 g/mol. The molecule has 1 aliphatic carbocycles. The molecule has 0 spiro atoms. The summed E-state index contributed by atoms with van der Waals surface area (Å²) in [5.41, 5.74) is 3.35. The van der Waals surface area contributed by atoms with Crippen LogP contribution in [0.4, 0.5) is 4.39 Å². The molecule has 0 radical (unpaired) electrons. The molecule has 12 nitrogen and oxygen atoms in total. The van der Waals surface area contributed by atoms with Crippen molar-refractivity contribution in [3.05, 3.63) is 68.4 Å². The minimum atomic E-state index is -1.68. The number of aromatic nitrogens is 5. The van der Waals surface area contributed by atoms with Gasteiger partial charge in [0, 0.05) is 24.0 Å². The number of fused-ring (bicyclic) bond motifs is 1. The molecule has 1 atom stereocenters. The predicted octanol–water partition coefficient (Wildman–Crippen LogP) is 2.75. The molecule has 4 aromatic rings. The topological polar surface area (TPSA) is 153 Å². The Hall–Kier alpha value is -4.17. The van der Waals surface area contributed by atoms with E-state index in [1.54, 1.807) is 6.92 Å². The van der Waals surface area contributed by atoms with Crippen molar-refractivity contribution in [2.45, 2.75) is 70.7 Å². The number of nitrogens with two attached hydrogens (primary N) is 1. The lowest BCUT2D eigenvalue weighted by atomic mass is 9.96. The number of thiophene rings is 1. The minimum Gasteiger partial charge on any atom is -0.496 e. The number of amides is 1. The van der Waals surface area contributed by atoms with Crippen molar-refractivity contribution in [3.63, 3.8) is 0 Å². The van der Waals surface area contributed by atoms with Gasteiger partial charge in [0.05, 0.1) is 37.5 Å². The molecule has 222 valence electrons. The van der Waals surface area contributed by atoms with Crippen LogP contribution in [0.15, 0.2) is 40.2 Å². The highest BCUT2D eigenvalue weighted by molar-refractivity contribution is 7.21. The maximum Gasteiger partial charge on any atom is 0.333 e. The highest BCUT2D eigenvalue weighted by Crippen LogP contribution is 2.36. The number of carbonyl (C=O) groups is 2. The van der Waals surface area contributed by atoms with E-state index >= 15 is 0 Å². The molecule has 1 fully saturated rings. The molecule has 3 aromatic heterocycles. The summed E-state index contributed by atoms with van der Waals surface area (Å²) in [6.45, 7) is 4.34. The van der Waals surface area contributed by atoms with Gasteiger partial charge in [-0.15, -0.1) is 4.80 Å². The van der Waals surface area contributed by atoms with Crippen LogP contribution in [-0.4, -0.2) is 49.0 Å². The van der Waals surface area contributed by atoms with E-state index in [9.17, 15) is 23.6 Å². The van der Waals surface area contributed by atoms with E-state index in [0.29, 0.717) is 52.4 Å². The number of nitrogens with zero attached hydrogens (tertiary/aromatic N) is 5. The summed E-state index contributed by atoms with van der Waals surface area (Å²) in [5.74, 6) is -0.926. The van der Waals surface area contributed by atoms with Crippen molar-refractivity contribution < 1.29 is 23.5 Å². The fraction of sp³-hybridized carbons (Fsp3) is 0.429. The predicted molar refractivity (Wildman–Crippen MR) is 153 cm³/mol. The molecular weight excluding hydrogens is 567 g/mol. The fourth-order valence-corrected chi connectivity index (χ4v) is 6.45. The molecule has 1 amide bonds. The van der Waals surface area contributed by atoms with Crippen LogP contribution >= 0.6 is 11.3 Å². The summed E-state index contributed by atoms with van der Waals surface area (Å²) in [6.07, 6.45) is 3.35. The van der Waals surface area contributed by atoms with E-state index in [-0.39, 0.29) is 23.8 Å². The summed E-state index contributed by atoms with van der Waals surface area (Å²) < 4.78 is 28.8. The van der Waals surface area contributed by atoms with Crippen molar-refractivity contribution in [2.75, 3.05) is 7.11 Å². The van der Waals surface area contributed by atoms with Crippen LogP contribution in [-0.2, 0) is 26.4 Å². The first-order valence-corrected chi connectivity index (χ1v) is 14.2. The first kappa shape index (κ1) is 29.3. The molecular formula is C28H31FN6O6S. The van der Waals surface area contributed by atoms with Crippen molar-refractivity contribution in [2.24, 2.45) is 5.73 Å². The second kappa shape index (κ2) is 11.2. The number of ketones is 1. The van der Waals surface area contributed by atoms with Crippen LogP contribution in [0.1, 0.15) is 56.8 Å². The molecule has 14 heteroatoms. The van der Waals surface area contributed by atoms with Crippen LogP contribution in [0, 0.1) is 12.7 Å². The third-order valence-corrected chi connectivity index (χ3v) is 8.96. The van der Waals surface area contributed by atoms with Crippen molar-refractivity contribution >= 4 is 33.2 Å². The molecule has 1 aromatic carbocycles. The molecule has 3 heterocycles. The lowest BCUT2D eigenvalue weighted by Crippen LogP contribution is -2.54. The molecule has 0 saturated heterocycles. The molecule has 0 bridgehead atoms. The van der Waals surface area contributed by atoms with Gasteiger partial charge in [0.1, 0.15) is 38.8 Å². The molecule has 42 heavy (non-hydrogen) atoms. The Kier molecular flexibility index (Phi) is 7.86. The smallest absolute Gasteiger partial charge is 0.333 e. The van der Waals surface area contributed by atoms with Crippen LogP contribution < -0.4 is 21.7 Å². The number of methoxy groups -OCH3 is 1. The number of carbonyl (C=O) groups excluding carboxylic acids is 2. The molecule has 5 rings (SSSR count). The molecule has 1 aliphatic rings. The van der Waals surface area contributed by atoms with Gasteiger partial charge in [-0.1, -0.05) is 11.3 Å². The number of rotatable bonds is 9. The molecule has 0 aliphatic heterocycles. The lowest BCUT2D eigenvalue weighted by molar-refractivity contribution is -0.126. The number of hydrogen-bond acceptors (Lipinski definition) is 9. The van der Waals surface area contributed by atoms with Crippen molar-refractivity contribution in [1.29, 1.82) is 0 Å². The first-order chi connectivity index (χ1) is 19.9. The van der Waals surface area contributed by atoms with E-state index in [0.717, 1.165) is 15.9 Å². The Morgan fingerprint density at radius 2 is 1.86 bits per heavy atom. The highest BCUT2D eigenvalue weighted by atomic mass is 32.1. The van der Waals surface area contributed by atoms with Crippen molar-refractivity contribution in [1.82, 2.24) is 24.1 Å². The van der Waals surface area contributed by atoms with E-state index in [1.807, 2.05) is 0 Å². The average Bonchev–Trinajstić information content (AvgIpc) is 3.59. The summed E-state index contributed by atoms with van der Waals surface area (Å²) in [4.78, 5) is 54.1. The van der Waals surface area contributed by atoms with Crippen LogP contribution in [0.3, 0.4) is 0 Å². The molecule has 0 unspecified atom stereocenters. The first-order valence-electron chi connectivity index (χ1n) is 13.4. The number of aryl methyl sites for hydroxylation is 1. The normalized spacial score (nSPS) is 15.3. The second-order valence-electron chi connectivity index (χ2n) is 10.7. The van der Waals surface area contributed by atoms with E-state index in [4.69, 9.17) is 15.2 Å². The summed E-state index contributed by atoms with van der Waals surface area (Å²) in [7, 11) is 1.44. The van der Waals surface area contributed by atoms with Gasteiger partial charge >= 0.3 is 5.69 Å². The zero-order valence-corrected chi connectivity index (χ0v) is 24.4. The van der Waals surface area contributed by atoms with Gasteiger partial charge in [0.2, 0.25) is 5.91 Å². The second-order valence-corrected chi connectivity index (χ2v) is 11.7. The highest BCUT2D eigenvalue weighted by Gasteiger charge is 2.35. The van der Waals surface area contributed by atoms with Crippen LogP contribution in [0.25, 0.3) is 15.2 Å². The maximum absolute atomic E-state index is 14.6.